The monoisotopic (exact) mass is 342 g/mol. The molecule has 0 unspecified atom stereocenters. The van der Waals surface area contributed by atoms with E-state index in [0.29, 0.717) is 5.56 Å². The van der Waals surface area contributed by atoms with Gasteiger partial charge in [0.05, 0.1) is 23.6 Å². The van der Waals surface area contributed by atoms with Gasteiger partial charge in [0.1, 0.15) is 0 Å². The minimum absolute atomic E-state index is 0.264. The number of hydrazone groups is 1. The fraction of sp³-hybridized carbons (Fsp3) is 0. The molecule has 3 rings (SSSR count). The van der Waals surface area contributed by atoms with E-state index in [-0.39, 0.29) is 5.91 Å². The lowest BCUT2D eigenvalue weighted by Gasteiger charge is -2.00. The van der Waals surface area contributed by atoms with Crippen LogP contribution in [0.5, 0.6) is 0 Å². The van der Waals surface area contributed by atoms with Crippen LogP contribution in [-0.4, -0.2) is 22.1 Å². The molecule has 104 valence electrons. The zero-order valence-corrected chi connectivity index (χ0v) is 12.5. The van der Waals surface area contributed by atoms with E-state index in [0.717, 1.165) is 21.1 Å². The van der Waals surface area contributed by atoms with E-state index < -0.39 is 0 Å². The topological polar surface area (TPSA) is 70.1 Å². The fourth-order valence-corrected chi connectivity index (χ4v) is 2.12. The molecule has 3 aromatic rings. The summed E-state index contributed by atoms with van der Waals surface area (Å²) in [5.74, 6) is -0.264. The second-order valence-corrected chi connectivity index (χ2v) is 5.30. The first-order valence-corrected chi connectivity index (χ1v) is 7.04. The number of nitrogens with one attached hydrogen (secondary N) is 2. The van der Waals surface area contributed by atoms with Crippen molar-refractivity contribution in [1.29, 1.82) is 0 Å². The molecule has 0 fully saturated rings. The molecular formula is C15H11BrN4O. The van der Waals surface area contributed by atoms with Crippen molar-refractivity contribution in [2.75, 3.05) is 0 Å². The second kappa shape index (κ2) is 5.88. The summed E-state index contributed by atoms with van der Waals surface area (Å²) in [7, 11) is 0. The molecule has 0 aliphatic rings. The number of amides is 1. The third-order valence-electron chi connectivity index (χ3n) is 2.93. The first-order valence-electron chi connectivity index (χ1n) is 6.24. The molecule has 1 aromatic heterocycles. The third kappa shape index (κ3) is 3.17. The lowest BCUT2D eigenvalue weighted by atomic mass is 10.2. The minimum Gasteiger partial charge on any atom is -0.345 e. The summed E-state index contributed by atoms with van der Waals surface area (Å²) in [5, 5.41) is 3.95. The van der Waals surface area contributed by atoms with Gasteiger partial charge in [-0.1, -0.05) is 28.1 Å². The molecule has 0 aliphatic heterocycles. The van der Waals surface area contributed by atoms with Crippen LogP contribution in [0, 0.1) is 0 Å². The summed E-state index contributed by atoms with van der Waals surface area (Å²) < 4.78 is 0.997. The Balaban J connectivity index is 1.69. The number of aromatic amines is 1. The molecule has 0 bridgehead atoms. The van der Waals surface area contributed by atoms with Crippen LogP contribution < -0.4 is 5.43 Å². The van der Waals surface area contributed by atoms with Gasteiger partial charge in [0.15, 0.2) is 0 Å². The number of imidazole rings is 1. The summed E-state index contributed by atoms with van der Waals surface area (Å²) in [5.41, 5.74) is 5.58. The molecule has 0 saturated carbocycles. The highest BCUT2D eigenvalue weighted by molar-refractivity contribution is 9.10. The lowest BCUT2D eigenvalue weighted by molar-refractivity contribution is 0.0955. The van der Waals surface area contributed by atoms with Gasteiger partial charge in [-0.05, 0) is 35.9 Å². The molecule has 0 spiro atoms. The zero-order valence-electron chi connectivity index (χ0n) is 10.9. The molecule has 21 heavy (non-hydrogen) atoms. The number of carbonyl (C=O) groups is 1. The highest BCUT2D eigenvalue weighted by atomic mass is 79.9. The van der Waals surface area contributed by atoms with Gasteiger partial charge < -0.3 is 4.98 Å². The second-order valence-electron chi connectivity index (χ2n) is 4.39. The predicted molar refractivity (Wildman–Crippen MR) is 85.3 cm³/mol. The maximum Gasteiger partial charge on any atom is 0.271 e. The molecule has 2 N–H and O–H groups in total. The Morgan fingerprint density at radius 2 is 2.05 bits per heavy atom. The average molecular weight is 343 g/mol. The van der Waals surface area contributed by atoms with E-state index in [2.05, 4.69) is 36.4 Å². The summed E-state index contributed by atoms with van der Waals surface area (Å²) in [6.07, 6.45) is 3.19. The number of H-pyrrole nitrogens is 1. The molecule has 1 heterocycles. The van der Waals surface area contributed by atoms with Gasteiger partial charge in [-0.15, -0.1) is 0 Å². The van der Waals surface area contributed by atoms with Gasteiger partial charge in [0.25, 0.3) is 5.91 Å². The van der Waals surface area contributed by atoms with Gasteiger partial charge >= 0.3 is 0 Å². The number of hydrogen-bond acceptors (Lipinski definition) is 3. The molecule has 0 radical (unpaired) electrons. The van der Waals surface area contributed by atoms with Crippen LogP contribution in [0.15, 0.2) is 58.4 Å². The van der Waals surface area contributed by atoms with Crippen molar-refractivity contribution in [2.45, 2.75) is 0 Å². The number of halogens is 1. The Morgan fingerprint density at radius 1 is 1.24 bits per heavy atom. The standard InChI is InChI=1S/C15H11BrN4O/c16-12-4-1-10(2-5-12)8-19-20-15(21)11-3-6-13-14(7-11)18-9-17-13/h1-9H,(H,17,18)(H,20,21)/b19-8+. The van der Waals surface area contributed by atoms with Crippen LogP contribution in [-0.2, 0) is 0 Å². The van der Waals surface area contributed by atoms with E-state index in [1.165, 1.54) is 0 Å². The van der Waals surface area contributed by atoms with Crippen LogP contribution >= 0.6 is 15.9 Å². The Kier molecular flexibility index (Phi) is 3.79. The van der Waals surface area contributed by atoms with Crippen molar-refractivity contribution in [2.24, 2.45) is 5.10 Å². The van der Waals surface area contributed by atoms with Crippen molar-refractivity contribution in [3.05, 3.63) is 64.4 Å². The van der Waals surface area contributed by atoms with E-state index in [1.807, 2.05) is 24.3 Å². The van der Waals surface area contributed by atoms with Gasteiger partial charge in [-0.2, -0.15) is 5.10 Å². The number of hydrogen-bond donors (Lipinski definition) is 2. The molecule has 0 atom stereocenters. The van der Waals surface area contributed by atoms with Gasteiger partial charge in [-0.25, -0.2) is 10.4 Å². The van der Waals surface area contributed by atoms with Crippen LogP contribution in [0.3, 0.4) is 0 Å². The summed E-state index contributed by atoms with van der Waals surface area (Å²) in [6.45, 7) is 0. The van der Waals surface area contributed by atoms with Crippen molar-refractivity contribution >= 4 is 39.1 Å². The SMILES string of the molecule is O=C(N/N=C/c1ccc(Br)cc1)c1ccc2nc[nH]c2c1. The number of benzene rings is 2. The Bertz CT molecular complexity index is 808. The van der Waals surface area contributed by atoms with E-state index in [4.69, 9.17) is 0 Å². The van der Waals surface area contributed by atoms with Crippen LogP contribution in [0.25, 0.3) is 11.0 Å². The number of fused-ring (bicyclic) bond motifs is 1. The molecule has 2 aromatic carbocycles. The number of aromatic nitrogens is 2. The number of nitrogens with zero attached hydrogens (tertiary/aromatic N) is 2. The first-order chi connectivity index (χ1) is 10.2. The third-order valence-corrected chi connectivity index (χ3v) is 3.46. The highest BCUT2D eigenvalue weighted by Crippen LogP contribution is 2.11. The Hall–Kier alpha value is -2.47. The lowest BCUT2D eigenvalue weighted by Crippen LogP contribution is -2.17. The molecular weight excluding hydrogens is 332 g/mol. The number of rotatable bonds is 3. The van der Waals surface area contributed by atoms with Gasteiger partial charge in [0.2, 0.25) is 0 Å². The van der Waals surface area contributed by atoms with Crippen LogP contribution in [0.2, 0.25) is 0 Å². The van der Waals surface area contributed by atoms with Crippen molar-refractivity contribution in [3.8, 4) is 0 Å². The summed E-state index contributed by atoms with van der Waals surface area (Å²) in [6, 6.07) is 12.9. The van der Waals surface area contributed by atoms with Gasteiger partial charge in [-0.3, -0.25) is 4.79 Å². The largest absolute Gasteiger partial charge is 0.345 e. The Morgan fingerprint density at radius 3 is 2.86 bits per heavy atom. The highest BCUT2D eigenvalue weighted by Gasteiger charge is 2.05. The minimum atomic E-state index is -0.264. The fourth-order valence-electron chi connectivity index (χ4n) is 1.86. The zero-order chi connectivity index (χ0) is 14.7. The van der Waals surface area contributed by atoms with Crippen molar-refractivity contribution < 1.29 is 4.79 Å². The summed E-state index contributed by atoms with van der Waals surface area (Å²) >= 11 is 3.36. The van der Waals surface area contributed by atoms with E-state index >= 15 is 0 Å². The molecule has 1 amide bonds. The summed E-state index contributed by atoms with van der Waals surface area (Å²) in [4.78, 5) is 19.1. The smallest absolute Gasteiger partial charge is 0.271 e. The van der Waals surface area contributed by atoms with Crippen molar-refractivity contribution in [1.82, 2.24) is 15.4 Å². The maximum atomic E-state index is 12.0. The van der Waals surface area contributed by atoms with Crippen LogP contribution in [0.4, 0.5) is 0 Å². The molecule has 0 aliphatic carbocycles. The van der Waals surface area contributed by atoms with E-state index in [1.54, 1.807) is 30.7 Å². The quantitative estimate of drug-likeness (QED) is 0.567. The average Bonchev–Trinajstić information content (AvgIpc) is 2.96. The number of carbonyl (C=O) groups excluding carboxylic acids is 1. The normalized spacial score (nSPS) is 11.1. The predicted octanol–water partition coefficient (Wildman–Crippen LogP) is 3.09. The molecule has 6 heteroatoms. The van der Waals surface area contributed by atoms with E-state index in [9.17, 15) is 4.79 Å². The maximum absolute atomic E-state index is 12.0. The van der Waals surface area contributed by atoms with Gasteiger partial charge in [0, 0.05) is 10.0 Å². The van der Waals surface area contributed by atoms with Crippen LogP contribution in [0.1, 0.15) is 15.9 Å². The van der Waals surface area contributed by atoms with Crippen molar-refractivity contribution in [3.63, 3.8) is 0 Å². The molecule has 0 saturated heterocycles. The first kappa shape index (κ1) is 13.5. The Labute approximate surface area is 129 Å². The molecule has 5 nitrogen and oxygen atoms in total.